The normalized spacial score (nSPS) is 13.3. The standard InChI is InChI=1S/C15H27N3/c1-6-18(13(3)10-17(4)5)11-14-7-8-15(16)12(2)9-14/h7-9,13H,6,10-11,16H2,1-5H3. The Kier molecular flexibility index (Phi) is 5.63. The maximum atomic E-state index is 5.86. The van der Waals surface area contributed by atoms with Gasteiger partial charge in [-0.15, -0.1) is 0 Å². The summed E-state index contributed by atoms with van der Waals surface area (Å²) in [5.74, 6) is 0. The molecule has 0 amide bonds. The minimum absolute atomic E-state index is 0.558. The number of rotatable bonds is 6. The molecule has 3 heteroatoms. The number of hydrogen-bond acceptors (Lipinski definition) is 3. The highest BCUT2D eigenvalue weighted by Gasteiger charge is 2.13. The predicted octanol–water partition coefficient (Wildman–Crippen LogP) is 2.35. The maximum absolute atomic E-state index is 5.86. The molecule has 0 aliphatic carbocycles. The van der Waals surface area contributed by atoms with E-state index < -0.39 is 0 Å². The van der Waals surface area contributed by atoms with Crippen LogP contribution in [0.3, 0.4) is 0 Å². The van der Waals surface area contributed by atoms with Gasteiger partial charge in [-0.25, -0.2) is 0 Å². The van der Waals surface area contributed by atoms with E-state index in [1.54, 1.807) is 0 Å². The number of nitrogens with two attached hydrogens (primary N) is 1. The van der Waals surface area contributed by atoms with Crippen molar-refractivity contribution in [2.45, 2.75) is 33.4 Å². The lowest BCUT2D eigenvalue weighted by atomic mass is 10.1. The van der Waals surface area contributed by atoms with Gasteiger partial charge in [0.2, 0.25) is 0 Å². The first-order valence-electron chi connectivity index (χ1n) is 6.67. The number of hydrogen-bond donors (Lipinski definition) is 1. The second-order valence-electron chi connectivity index (χ2n) is 5.37. The van der Waals surface area contributed by atoms with Gasteiger partial charge in [-0.05, 0) is 51.7 Å². The summed E-state index contributed by atoms with van der Waals surface area (Å²) < 4.78 is 0. The number of aryl methyl sites for hydroxylation is 1. The van der Waals surface area contributed by atoms with Gasteiger partial charge in [0.25, 0.3) is 0 Å². The molecule has 1 aromatic rings. The van der Waals surface area contributed by atoms with E-state index in [0.717, 1.165) is 25.3 Å². The molecular formula is C15H27N3. The van der Waals surface area contributed by atoms with Crippen molar-refractivity contribution in [2.75, 3.05) is 32.9 Å². The Balaban J connectivity index is 2.70. The average molecular weight is 249 g/mol. The molecule has 0 saturated heterocycles. The lowest BCUT2D eigenvalue weighted by Gasteiger charge is -2.30. The van der Waals surface area contributed by atoms with Crippen molar-refractivity contribution in [3.05, 3.63) is 29.3 Å². The van der Waals surface area contributed by atoms with Gasteiger partial charge in [-0.2, -0.15) is 0 Å². The molecule has 1 rings (SSSR count). The maximum Gasteiger partial charge on any atom is 0.0343 e. The van der Waals surface area contributed by atoms with Gasteiger partial charge in [-0.1, -0.05) is 19.1 Å². The summed E-state index contributed by atoms with van der Waals surface area (Å²) in [7, 11) is 4.25. The molecule has 0 spiro atoms. The van der Waals surface area contributed by atoms with Crippen molar-refractivity contribution in [1.29, 1.82) is 0 Å². The van der Waals surface area contributed by atoms with Crippen molar-refractivity contribution >= 4 is 5.69 Å². The third-order valence-corrected chi connectivity index (χ3v) is 3.38. The zero-order valence-electron chi connectivity index (χ0n) is 12.4. The first kappa shape index (κ1) is 15.0. The van der Waals surface area contributed by atoms with Crippen LogP contribution in [0.25, 0.3) is 0 Å². The smallest absolute Gasteiger partial charge is 0.0343 e. The van der Waals surface area contributed by atoms with Crippen LogP contribution in [0.2, 0.25) is 0 Å². The Bertz CT molecular complexity index is 374. The van der Waals surface area contributed by atoms with E-state index in [2.05, 4.69) is 56.8 Å². The molecular weight excluding hydrogens is 222 g/mol. The third-order valence-electron chi connectivity index (χ3n) is 3.38. The van der Waals surface area contributed by atoms with Gasteiger partial charge < -0.3 is 10.6 Å². The third kappa shape index (κ3) is 4.31. The van der Waals surface area contributed by atoms with E-state index in [1.807, 2.05) is 6.07 Å². The molecule has 1 atom stereocenters. The van der Waals surface area contributed by atoms with Gasteiger partial charge in [0.15, 0.2) is 0 Å². The molecule has 0 saturated carbocycles. The summed E-state index contributed by atoms with van der Waals surface area (Å²) in [4.78, 5) is 4.73. The molecule has 2 N–H and O–H groups in total. The van der Waals surface area contributed by atoms with Crippen LogP contribution < -0.4 is 5.73 Å². The van der Waals surface area contributed by atoms with E-state index in [0.29, 0.717) is 6.04 Å². The highest BCUT2D eigenvalue weighted by Crippen LogP contribution is 2.15. The molecule has 0 aromatic heterocycles. The van der Waals surface area contributed by atoms with Crippen LogP contribution in [0.5, 0.6) is 0 Å². The molecule has 0 aliphatic rings. The molecule has 102 valence electrons. The van der Waals surface area contributed by atoms with Gasteiger partial charge in [0.1, 0.15) is 0 Å². The highest BCUT2D eigenvalue weighted by molar-refractivity contribution is 5.47. The largest absolute Gasteiger partial charge is 0.399 e. The van der Waals surface area contributed by atoms with E-state index in [4.69, 9.17) is 5.73 Å². The summed E-state index contributed by atoms with van der Waals surface area (Å²) in [6.45, 7) is 9.72. The molecule has 1 unspecified atom stereocenters. The van der Waals surface area contributed by atoms with Gasteiger partial charge in [-0.3, -0.25) is 4.90 Å². The second-order valence-corrected chi connectivity index (χ2v) is 5.37. The molecule has 0 aliphatic heterocycles. The number of anilines is 1. The SMILES string of the molecule is CCN(Cc1ccc(N)c(C)c1)C(C)CN(C)C. The Morgan fingerprint density at radius 3 is 2.44 bits per heavy atom. The summed E-state index contributed by atoms with van der Waals surface area (Å²) in [5.41, 5.74) is 9.25. The average Bonchev–Trinajstić information content (AvgIpc) is 2.29. The fourth-order valence-electron chi connectivity index (χ4n) is 2.29. The number of nitrogen functional groups attached to an aromatic ring is 1. The van der Waals surface area contributed by atoms with E-state index in [1.165, 1.54) is 11.1 Å². The minimum Gasteiger partial charge on any atom is -0.399 e. The summed E-state index contributed by atoms with van der Waals surface area (Å²) in [5, 5.41) is 0. The Hall–Kier alpha value is -1.06. The molecule has 0 fully saturated rings. The summed E-state index contributed by atoms with van der Waals surface area (Å²) in [6, 6.07) is 6.89. The molecule has 1 aromatic carbocycles. The second kappa shape index (κ2) is 6.76. The first-order valence-corrected chi connectivity index (χ1v) is 6.67. The van der Waals surface area contributed by atoms with Crippen LogP contribution in [0.1, 0.15) is 25.0 Å². The fraction of sp³-hybridized carbons (Fsp3) is 0.600. The molecule has 0 heterocycles. The monoisotopic (exact) mass is 249 g/mol. The zero-order valence-corrected chi connectivity index (χ0v) is 12.4. The van der Waals surface area contributed by atoms with E-state index in [-0.39, 0.29) is 0 Å². The van der Waals surface area contributed by atoms with Crippen molar-refractivity contribution in [3.63, 3.8) is 0 Å². The first-order chi connectivity index (χ1) is 8.43. The van der Waals surface area contributed by atoms with Crippen LogP contribution in [0.15, 0.2) is 18.2 Å². The van der Waals surface area contributed by atoms with E-state index in [9.17, 15) is 0 Å². The minimum atomic E-state index is 0.558. The van der Waals surface area contributed by atoms with Gasteiger partial charge in [0.05, 0.1) is 0 Å². The zero-order chi connectivity index (χ0) is 13.7. The Morgan fingerprint density at radius 2 is 1.94 bits per heavy atom. The van der Waals surface area contributed by atoms with Crippen LogP contribution in [0, 0.1) is 6.92 Å². The quantitative estimate of drug-likeness (QED) is 0.786. The van der Waals surface area contributed by atoms with Crippen LogP contribution in [-0.2, 0) is 6.54 Å². The van der Waals surface area contributed by atoms with Crippen molar-refractivity contribution in [2.24, 2.45) is 0 Å². The molecule has 18 heavy (non-hydrogen) atoms. The van der Waals surface area contributed by atoms with Crippen molar-refractivity contribution < 1.29 is 0 Å². The fourth-order valence-corrected chi connectivity index (χ4v) is 2.29. The van der Waals surface area contributed by atoms with Crippen LogP contribution >= 0.6 is 0 Å². The molecule has 3 nitrogen and oxygen atoms in total. The summed E-state index contributed by atoms with van der Waals surface area (Å²) >= 11 is 0. The Morgan fingerprint density at radius 1 is 1.28 bits per heavy atom. The van der Waals surface area contributed by atoms with Gasteiger partial charge in [0, 0.05) is 24.8 Å². The summed E-state index contributed by atoms with van der Waals surface area (Å²) in [6.07, 6.45) is 0. The predicted molar refractivity (Wildman–Crippen MR) is 79.7 cm³/mol. The van der Waals surface area contributed by atoms with E-state index >= 15 is 0 Å². The Labute approximate surface area is 112 Å². The number of nitrogens with zero attached hydrogens (tertiary/aromatic N) is 2. The molecule has 0 bridgehead atoms. The van der Waals surface area contributed by atoms with Crippen LogP contribution in [-0.4, -0.2) is 43.0 Å². The lowest BCUT2D eigenvalue weighted by molar-refractivity contribution is 0.174. The number of likely N-dealkylation sites (N-methyl/N-ethyl adjacent to an activating group) is 2. The topological polar surface area (TPSA) is 32.5 Å². The van der Waals surface area contributed by atoms with Crippen molar-refractivity contribution in [1.82, 2.24) is 9.80 Å². The molecule has 0 radical (unpaired) electrons. The van der Waals surface area contributed by atoms with Crippen molar-refractivity contribution in [3.8, 4) is 0 Å². The lowest BCUT2D eigenvalue weighted by Crippen LogP contribution is -2.39. The van der Waals surface area contributed by atoms with Crippen LogP contribution in [0.4, 0.5) is 5.69 Å². The number of benzene rings is 1. The highest BCUT2D eigenvalue weighted by atomic mass is 15.2. The van der Waals surface area contributed by atoms with Gasteiger partial charge >= 0.3 is 0 Å².